The lowest BCUT2D eigenvalue weighted by Gasteiger charge is -2.26. The Hall–Kier alpha value is -1.55. The summed E-state index contributed by atoms with van der Waals surface area (Å²) in [5.74, 6) is 7.54. The van der Waals surface area contributed by atoms with Gasteiger partial charge < -0.3 is 10.2 Å². The second kappa shape index (κ2) is 4.99. The van der Waals surface area contributed by atoms with Crippen LogP contribution in [0.25, 0.3) is 0 Å². The van der Waals surface area contributed by atoms with Crippen LogP contribution in [-0.2, 0) is 0 Å². The zero-order valence-corrected chi connectivity index (χ0v) is 9.44. The van der Waals surface area contributed by atoms with E-state index in [-0.39, 0.29) is 5.92 Å². The molecule has 3 N–H and O–H groups in total. The molecule has 1 aromatic carbocycles. The molecule has 1 heterocycles. The van der Waals surface area contributed by atoms with Gasteiger partial charge in [-0.1, -0.05) is 18.2 Å². The van der Waals surface area contributed by atoms with E-state index in [2.05, 4.69) is 16.5 Å². The van der Waals surface area contributed by atoms with Crippen LogP contribution in [0.3, 0.4) is 0 Å². The summed E-state index contributed by atoms with van der Waals surface area (Å²) in [6, 6.07) is 8.05. The standard InChI is InChI=1S/C12H17N3O/c1-2-14-12(15-13)10-7-8-16-11-6-4-3-5-9(10)11/h3-6,10H,2,7-8,13H2,1H3,(H,14,15). The minimum atomic E-state index is 0.231. The normalized spacial score (nSPS) is 19.9. The second-order valence-corrected chi connectivity index (χ2v) is 3.73. The van der Waals surface area contributed by atoms with Crippen molar-refractivity contribution in [3.8, 4) is 5.75 Å². The molecule has 4 heteroatoms. The summed E-state index contributed by atoms with van der Waals surface area (Å²) in [5, 5.41) is 0. The minimum absolute atomic E-state index is 0.231. The first-order chi connectivity index (χ1) is 7.86. The molecule has 1 aliphatic rings. The number of hydrazine groups is 1. The molecule has 1 aromatic rings. The van der Waals surface area contributed by atoms with E-state index < -0.39 is 0 Å². The lowest BCUT2D eigenvalue weighted by atomic mass is 9.92. The van der Waals surface area contributed by atoms with Crippen LogP contribution in [0.15, 0.2) is 29.3 Å². The molecule has 1 unspecified atom stereocenters. The quantitative estimate of drug-likeness (QED) is 0.342. The summed E-state index contributed by atoms with van der Waals surface area (Å²) in [6.45, 7) is 3.45. The van der Waals surface area contributed by atoms with Gasteiger partial charge in [0.2, 0.25) is 0 Å². The Bertz CT molecular complexity index is 390. The molecule has 0 spiro atoms. The van der Waals surface area contributed by atoms with E-state index in [0.29, 0.717) is 6.61 Å². The van der Waals surface area contributed by atoms with Gasteiger partial charge in [-0.15, -0.1) is 0 Å². The van der Waals surface area contributed by atoms with E-state index in [1.54, 1.807) is 0 Å². The number of amidine groups is 1. The number of hydrogen-bond acceptors (Lipinski definition) is 3. The topological polar surface area (TPSA) is 59.6 Å². The van der Waals surface area contributed by atoms with E-state index in [1.165, 1.54) is 5.56 Å². The second-order valence-electron chi connectivity index (χ2n) is 3.73. The maximum Gasteiger partial charge on any atom is 0.123 e. The van der Waals surface area contributed by atoms with Crippen molar-refractivity contribution in [1.82, 2.24) is 5.43 Å². The lowest BCUT2D eigenvalue weighted by Crippen LogP contribution is -2.37. The highest BCUT2D eigenvalue weighted by molar-refractivity contribution is 5.89. The molecule has 86 valence electrons. The van der Waals surface area contributed by atoms with E-state index >= 15 is 0 Å². The van der Waals surface area contributed by atoms with Crippen LogP contribution in [0.1, 0.15) is 24.8 Å². The Morgan fingerprint density at radius 2 is 2.38 bits per heavy atom. The zero-order chi connectivity index (χ0) is 11.4. The highest BCUT2D eigenvalue weighted by Gasteiger charge is 2.24. The van der Waals surface area contributed by atoms with Crippen molar-refractivity contribution in [2.45, 2.75) is 19.3 Å². The van der Waals surface area contributed by atoms with Gasteiger partial charge in [0, 0.05) is 18.0 Å². The van der Waals surface area contributed by atoms with Gasteiger partial charge in [-0.2, -0.15) is 0 Å². The van der Waals surface area contributed by atoms with E-state index in [0.717, 1.165) is 24.6 Å². The molecule has 0 radical (unpaired) electrons. The van der Waals surface area contributed by atoms with E-state index in [4.69, 9.17) is 10.6 Å². The fourth-order valence-corrected chi connectivity index (χ4v) is 2.05. The van der Waals surface area contributed by atoms with Gasteiger partial charge >= 0.3 is 0 Å². The van der Waals surface area contributed by atoms with E-state index in [9.17, 15) is 0 Å². The molecule has 0 aromatic heterocycles. The molecule has 0 fully saturated rings. The third kappa shape index (κ3) is 2.02. The van der Waals surface area contributed by atoms with Crippen LogP contribution >= 0.6 is 0 Å². The largest absolute Gasteiger partial charge is 0.493 e. The van der Waals surface area contributed by atoms with E-state index in [1.807, 2.05) is 25.1 Å². The Morgan fingerprint density at radius 3 is 3.12 bits per heavy atom. The average molecular weight is 219 g/mol. The van der Waals surface area contributed by atoms with Crippen LogP contribution < -0.4 is 16.0 Å². The molecule has 0 saturated carbocycles. The van der Waals surface area contributed by atoms with Crippen molar-refractivity contribution < 1.29 is 4.74 Å². The number of nitrogens with zero attached hydrogens (tertiary/aromatic N) is 1. The number of ether oxygens (including phenoxy) is 1. The monoisotopic (exact) mass is 219 g/mol. The highest BCUT2D eigenvalue weighted by atomic mass is 16.5. The zero-order valence-electron chi connectivity index (χ0n) is 9.44. The molecule has 0 aliphatic carbocycles. The van der Waals surface area contributed by atoms with Crippen molar-refractivity contribution in [2.24, 2.45) is 10.8 Å². The van der Waals surface area contributed by atoms with Gasteiger partial charge in [0.15, 0.2) is 0 Å². The minimum Gasteiger partial charge on any atom is -0.493 e. The number of aliphatic imine (C=N–C) groups is 1. The van der Waals surface area contributed by atoms with Gasteiger partial charge in [0.1, 0.15) is 11.6 Å². The fourth-order valence-electron chi connectivity index (χ4n) is 2.05. The maximum atomic E-state index is 5.60. The number of rotatable bonds is 2. The molecule has 1 aliphatic heterocycles. The van der Waals surface area contributed by atoms with Gasteiger partial charge in [-0.3, -0.25) is 4.99 Å². The molecule has 4 nitrogen and oxygen atoms in total. The summed E-state index contributed by atoms with van der Waals surface area (Å²) in [6.07, 6.45) is 0.917. The first-order valence-corrected chi connectivity index (χ1v) is 5.59. The van der Waals surface area contributed by atoms with Gasteiger partial charge in [0.05, 0.1) is 6.61 Å². The van der Waals surface area contributed by atoms with Crippen molar-refractivity contribution in [2.75, 3.05) is 13.2 Å². The fraction of sp³-hybridized carbons (Fsp3) is 0.417. The summed E-state index contributed by atoms with van der Waals surface area (Å²) in [7, 11) is 0. The summed E-state index contributed by atoms with van der Waals surface area (Å²) in [4.78, 5) is 4.39. The maximum absolute atomic E-state index is 5.60. The number of nitrogens with one attached hydrogen (secondary N) is 1. The molecule has 16 heavy (non-hydrogen) atoms. The number of fused-ring (bicyclic) bond motifs is 1. The third-order valence-electron chi connectivity index (χ3n) is 2.76. The lowest BCUT2D eigenvalue weighted by molar-refractivity contribution is 0.281. The predicted molar refractivity (Wildman–Crippen MR) is 64.6 cm³/mol. The third-order valence-corrected chi connectivity index (χ3v) is 2.76. The SMILES string of the molecule is CCN=C(NN)C1CCOc2ccccc21. The molecular formula is C12H17N3O. The van der Waals surface area contributed by atoms with Crippen LogP contribution in [0, 0.1) is 0 Å². The van der Waals surface area contributed by atoms with Gasteiger partial charge in [0.25, 0.3) is 0 Å². The Morgan fingerprint density at radius 1 is 1.56 bits per heavy atom. The van der Waals surface area contributed by atoms with Crippen molar-refractivity contribution in [1.29, 1.82) is 0 Å². The van der Waals surface area contributed by atoms with Crippen molar-refractivity contribution >= 4 is 5.84 Å². The van der Waals surface area contributed by atoms with Gasteiger partial charge in [-0.05, 0) is 19.4 Å². The summed E-state index contributed by atoms with van der Waals surface area (Å²) in [5.41, 5.74) is 3.87. The Kier molecular flexibility index (Phi) is 3.41. The summed E-state index contributed by atoms with van der Waals surface area (Å²) >= 11 is 0. The first kappa shape index (κ1) is 11.0. The number of benzene rings is 1. The van der Waals surface area contributed by atoms with Crippen molar-refractivity contribution in [3.05, 3.63) is 29.8 Å². The molecular weight excluding hydrogens is 202 g/mol. The molecule has 0 saturated heterocycles. The Labute approximate surface area is 95.5 Å². The number of para-hydroxylation sites is 1. The van der Waals surface area contributed by atoms with Crippen molar-refractivity contribution in [3.63, 3.8) is 0 Å². The first-order valence-electron chi connectivity index (χ1n) is 5.59. The van der Waals surface area contributed by atoms with Crippen LogP contribution in [-0.4, -0.2) is 19.0 Å². The summed E-state index contributed by atoms with van der Waals surface area (Å²) < 4.78 is 5.60. The Balaban J connectivity index is 2.34. The highest BCUT2D eigenvalue weighted by Crippen LogP contribution is 2.33. The molecule has 0 bridgehead atoms. The van der Waals surface area contributed by atoms with Crippen LogP contribution in [0.2, 0.25) is 0 Å². The number of hydrogen-bond donors (Lipinski definition) is 2. The molecule has 0 amide bonds. The number of nitrogens with two attached hydrogens (primary N) is 1. The smallest absolute Gasteiger partial charge is 0.123 e. The predicted octanol–water partition coefficient (Wildman–Crippen LogP) is 1.43. The molecule has 2 rings (SSSR count). The van der Waals surface area contributed by atoms with Crippen LogP contribution in [0.5, 0.6) is 5.75 Å². The molecule has 1 atom stereocenters. The van der Waals surface area contributed by atoms with Crippen LogP contribution in [0.4, 0.5) is 0 Å². The van der Waals surface area contributed by atoms with Gasteiger partial charge in [-0.25, -0.2) is 5.84 Å². The average Bonchev–Trinajstić information content (AvgIpc) is 2.35.